The lowest BCUT2D eigenvalue weighted by atomic mass is 9.41. The lowest BCUT2D eigenvalue weighted by molar-refractivity contribution is -0.159. The van der Waals surface area contributed by atoms with E-state index in [1.165, 1.54) is 45.1 Å². The summed E-state index contributed by atoms with van der Waals surface area (Å²) in [6.45, 7) is 4.01. The number of piperidine rings is 2. The van der Waals surface area contributed by atoms with Crippen LogP contribution in [0.5, 0.6) is 0 Å². The van der Waals surface area contributed by atoms with E-state index in [9.17, 15) is 4.79 Å². The quantitative estimate of drug-likeness (QED) is 0.681. The Morgan fingerprint density at radius 3 is 3.05 bits per heavy atom. The number of carbonyl (C=O) groups is 1. The zero-order chi connectivity index (χ0) is 13.8. The molecule has 10 atom stereocenters. The maximum absolute atomic E-state index is 12.5. The Morgan fingerprint density at radius 1 is 1.24 bits per heavy atom. The fraction of sp³-hybridized carbons (Fsp3) is 0.947. The number of hydrogen-bond acceptors (Lipinski definition) is 2. The second-order valence-electron chi connectivity index (χ2n) is 10.2. The fourth-order valence-electron chi connectivity index (χ4n) is 10.2. The summed E-state index contributed by atoms with van der Waals surface area (Å²) in [5.41, 5.74) is 1.77. The van der Waals surface area contributed by atoms with Gasteiger partial charge in [0.1, 0.15) is 5.78 Å². The van der Waals surface area contributed by atoms with Crippen LogP contribution >= 0.6 is 0 Å². The predicted molar refractivity (Wildman–Crippen MR) is 78.5 cm³/mol. The number of nitrogens with zero attached hydrogens (tertiary/aromatic N) is 1. The van der Waals surface area contributed by atoms with Gasteiger partial charge in [0.25, 0.3) is 0 Å². The highest BCUT2D eigenvalue weighted by atomic mass is 16.1. The van der Waals surface area contributed by atoms with Crippen LogP contribution in [0, 0.1) is 39.9 Å². The minimum Gasteiger partial charge on any atom is -0.299 e. The van der Waals surface area contributed by atoms with E-state index in [0.717, 1.165) is 36.3 Å². The first-order valence-corrected chi connectivity index (χ1v) is 9.39. The molecule has 0 N–H and O–H groups in total. The van der Waals surface area contributed by atoms with Crippen molar-refractivity contribution >= 4 is 5.78 Å². The average molecular weight is 283 g/mol. The van der Waals surface area contributed by atoms with Gasteiger partial charge in [0.15, 0.2) is 0 Å². The maximum atomic E-state index is 12.5. The largest absolute Gasteiger partial charge is 0.299 e. The number of Topliss-reactive ketones (excluding diaryl/α,β-unsaturated/α-hetero) is 1. The Bertz CT molecular complexity index is 615. The van der Waals surface area contributed by atoms with Gasteiger partial charge in [-0.2, -0.15) is 0 Å². The number of fused-ring (bicyclic) bond motifs is 1. The van der Waals surface area contributed by atoms with Crippen molar-refractivity contribution in [2.75, 3.05) is 6.54 Å². The summed E-state index contributed by atoms with van der Waals surface area (Å²) < 4.78 is 0. The Morgan fingerprint density at radius 2 is 2.14 bits per heavy atom. The molecule has 2 nitrogen and oxygen atoms in total. The van der Waals surface area contributed by atoms with E-state index in [-0.39, 0.29) is 0 Å². The van der Waals surface area contributed by atoms with Crippen LogP contribution in [0.15, 0.2) is 0 Å². The highest BCUT2D eigenvalue weighted by Crippen LogP contribution is 2.86. The monoisotopic (exact) mass is 283 g/mol. The SMILES string of the molecule is C[C@@]12CCC[C@@]34[C@@H]1[C@@H]1C[C@@]56CC(=O)[C@@H](C[C@@H]5[C@H]3N1C2)C[C@H]64. The predicted octanol–water partition coefficient (Wildman–Crippen LogP) is 2.86. The molecule has 3 heterocycles. The number of rotatable bonds is 0. The van der Waals surface area contributed by atoms with Gasteiger partial charge in [0.2, 0.25) is 0 Å². The van der Waals surface area contributed by atoms with Crippen LogP contribution in [-0.2, 0) is 4.79 Å². The molecule has 2 spiro atoms. The second kappa shape index (κ2) is 2.77. The summed E-state index contributed by atoms with van der Waals surface area (Å²) in [6.07, 6.45) is 9.41. The highest BCUT2D eigenvalue weighted by molar-refractivity contribution is 5.84. The van der Waals surface area contributed by atoms with Crippen LogP contribution in [0.1, 0.15) is 51.9 Å². The van der Waals surface area contributed by atoms with Gasteiger partial charge in [-0.1, -0.05) is 13.3 Å². The minimum absolute atomic E-state index is 0.465. The second-order valence-corrected chi connectivity index (χ2v) is 10.2. The third kappa shape index (κ3) is 0.813. The molecular formula is C19H25NO. The average Bonchev–Trinajstić information content (AvgIpc) is 2.84. The summed E-state index contributed by atoms with van der Waals surface area (Å²) in [7, 11) is 0. The fourth-order valence-corrected chi connectivity index (χ4v) is 10.2. The molecule has 0 radical (unpaired) electrons. The summed E-state index contributed by atoms with van der Waals surface area (Å²) in [6, 6.07) is 1.77. The van der Waals surface area contributed by atoms with E-state index in [4.69, 9.17) is 0 Å². The standard InChI is InChI=1S/C19H25NO/c1-17-3-2-4-19-14-6-10-5-11-16(19)20(9-17)12(15(17)19)7-18(11,14)8-13(10)21/h10-12,14-16H,2-9H2,1H3/t10-,11+,12-,14+,15+,16+,17-,18+,19+/m0/s1. The smallest absolute Gasteiger partial charge is 0.136 e. The third-order valence-corrected chi connectivity index (χ3v) is 10.0. The molecule has 0 aromatic heterocycles. The molecule has 9 aliphatic rings. The molecule has 2 heteroatoms. The first-order chi connectivity index (χ1) is 10.1. The van der Waals surface area contributed by atoms with Gasteiger partial charge in [-0.15, -0.1) is 0 Å². The zero-order valence-corrected chi connectivity index (χ0v) is 13.0. The molecule has 112 valence electrons. The molecular weight excluding hydrogens is 258 g/mol. The van der Waals surface area contributed by atoms with Crippen molar-refractivity contribution in [3.8, 4) is 0 Å². The molecule has 21 heavy (non-hydrogen) atoms. The summed E-state index contributed by atoms with van der Waals surface area (Å²) in [4.78, 5) is 15.5. The van der Waals surface area contributed by atoms with Crippen LogP contribution in [0.4, 0.5) is 0 Å². The molecule has 1 unspecified atom stereocenters. The summed E-state index contributed by atoms with van der Waals surface area (Å²) in [5, 5.41) is 0. The van der Waals surface area contributed by atoms with E-state index < -0.39 is 0 Å². The lowest BCUT2D eigenvalue weighted by Crippen LogP contribution is -2.59. The van der Waals surface area contributed by atoms with Crippen LogP contribution in [-0.4, -0.2) is 29.3 Å². The number of ketones is 1. The van der Waals surface area contributed by atoms with Gasteiger partial charge in [0.05, 0.1) is 0 Å². The van der Waals surface area contributed by atoms with Gasteiger partial charge in [-0.3, -0.25) is 9.69 Å². The minimum atomic E-state index is 0.465. The molecule has 9 fully saturated rings. The molecule has 9 rings (SSSR count). The Labute approximate surface area is 126 Å². The molecule has 3 aliphatic heterocycles. The van der Waals surface area contributed by atoms with Crippen molar-refractivity contribution in [2.24, 2.45) is 39.9 Å². The normalized spacial score (nSPS) is 74.5. The lowest BCUT2D eigenvalue weighted by Gasteiger charge is -2.62. The summed E-state index contributed by atoms with van der Waals surface area (Å²) >= 11 is 0. The van der Waals surface area contributed by atoms with E-state index in [1.807, 2.05) is 0 Å². The van der Waals surface area contributed by atoms with Crippen molar-refractivity contribution in [1.29, 1.82) is 0 Å². The van der Waals surface area contributed by atoms with E-state index in [0.29, 0.717) is 27.9 Å². The van der Waals surface area contributed by atoms with E-state index in [1.54, 1.807) is 0 Å². The summed E-state index contributed by atoms with van der Waals surface area (Å²) in [5.74, 6) is 3.96. The molecule has 0 aromatic carbocycles. The van der Waals surface area contributed by atoms with Crippen molar-refractivity contribution in [1.82, 2.24) is 4.90 Å². The van der Waals surface area contributed by atoms with Gasteiger partial charge in [-0.05, 0) is 66.1 Å². The van der Waals surface area contributed by atoms with Gasteiger partial charge < -0.3 is 0 Å². The molecule has 3 saturated heterocycles. The van der Waals surface area contributed by atoms with Crippen LogP contribution < -0.4 is 0 Å². The van der Waals surface area contributed by atoms with Crippen molar-refractivity contribution in [3.05, 3.63) is 0 Å². The van der Waals surface area contributed by atoms with Gasteiger partial charge >= 0.3 is 0 Å². The molecule has 6 aliphatic carbocycles. The van der Waals surface area contributed by atoms with E-state index in [2.05, 4.69) is 11.8 Å². The number of hydrogen-bond donors (Lipinski definition) is 0. The van der Waals surface area contributed by atoms with Crippen molar-refractivity contribution in [3.63, 3.8) is 0 Å². The topological polar surface area (TPSA) is 20.3 Å². The molecule has 6 saturated carbocycles. The third-order valence-electron chi connectivity index (χ3n) is 10.0. The molecule has 0 amide bonds. The van der Waals surface area contributed by atoms with Crippen LogP contribution in [0.2, 0.25) is 0 Å². The van der Waals surface area contributed by atoms with Crippen molar-refractivity contribution < 1.29 is 4.79 Å². The number of carbonyl (C=O) groups excluding carboxylic acids is 1. The Balaban J connectivity index is 1.53. The van der Waals surface area contributed by atoms with Crippen LogP contribution in [0.25, 0.3) is 0 Å². The first kappa shape index (κ1) is 11.2. The van der Waals surface area contributed by atoms with Gasteiger partial charge in [0, 0.05) is 31.0 Å². The Kier molecular flexibility index (Phi) is 1.48. The maximum Gasteiger partial charge on any atom is 0.136 e. The zero-order valence-electron chi connectivity index (χ0n) is 13.0. The highest BCUT2D eigenvalue weighted by Gasteiger charge is 2.86. The van der Waals surface area contributed by atoms with Crippen molar-refractivity contribution in [2.45, 2.75) is 64.0 Å². The van der Waals surface area contributed by atoms with Crippen LogP contribution in [0.3, 0.4) is 0 Å². The molecule has 9 bridgehead atoms. The Hall–Kier alpha value is -0.370. The molecule has 0 aromatic rings. The van der Waals surface area contributed by atoms with Gasteiger partial charge in [-0.25, -0.2) is 0 Å². The first-order valence-electron chi connectivity index (χ1n) is 9.39. The van der Waals surface area contributed by atoms with E-state index >= 15 is 0 Å².